The fourth-order valence-corrected chi connectivity index (χ4v) is 6.51. The number of hydrogen-bond acceptors (Lipinski definition) is 4. The minimum atomic E-state index is -3.32. The normalized spacial score (nSPS) is 24.5. The zero-order valence-electron chi connectivity index (χ0n) is 15.8. The van der Waals surface area contributed by atoms with Crippen LogP contribution < -0.4 is 0 Å². The zero-order chi connectivity index (χ0) is 19.6. The highest BCUT2D eigenvalue weighted by atomic mass is 32.2. The first-order chi connectivity index (χ1) is 13.6. The van der Waals surface area contributed by atoms with Gasteiger partial charge in [-0.3, -0.25) is 9.78 Å². The number of fused-ring (bicyclic) bond motifs is 1. The molecular weight excluding hydrogens is 374 g/mol. The predicted octanol–water partition coefficient (Wildman–Crippen LogP) is 2.19. The average Bonchev–Trinajstić information content (AvgIpc) is 2.86. The Morgan fingerprint density at radius 1 is 1.04 bits per heavy atom. The molecule has 3 heterocycles. The van der Waals surface area contributed by atoms with E-state index < -0.39 is 10.0 Å². The van der Waals surface area contributed by atoms with Gasteiger partial charge in [-0.2, -0.15) is 0 Å². The molecule has 0 radical (unpaired) electrons. The van der Waals surface area contributed by atoms with Gasteiger partial charge in [0.1, 0.15) is 5.69 Å². The lowest BCUT2D eigenvalue weighted by Crippen LogP contribution is -2.35. The van der Waals surface area contributed by atoms with Crippen molar-refractivity contribution in [3.8, 4) is 0 Å². The van der Waals surface area contributed by atoms with Gasteiger partial charge in [0.05, 0.1) is 5.25 Å². The van der Waals surface area contributed by atoms with Gasteiger partial charge in [-0.25, -0.2) is 12.7 Å². The molecule has 1 amide bonds. The van der Waals surface area contributed by atoms with Gasteiger partial charge >= 0.3 is 0 Å². The number of likely N-dealkylation sites (tertiary alicyclic amines) is 1. The molecule has 4 rings (SSSR count). The summed E-state index contributed by atoms with van der Waals surface area (Å²) >= 11 is 0. The molecule has 0 spiro atoms. The molecule has 0 unspecified atom stereocenters. The molecule has 2 aliphatic heterocycles. The van der Waals surface area contributed by atoms with E-state index in [1.54, 1.807) is 33.6 Å². The summed E-state index contributed by atoms with van der Waals surface area (Å²) < 4.78 is 27.8. The van der Waals surface area contributed by atoms with E-state index in [9.17, 15) is 13.2 Å². The largest absolute Gasteiger partial charge is 0.337 e. The number of benzene rings is 1. The van der Waals surface area contributed by atoms with Crippen molar-refractivity contribution in [2.24, 2.45) is 5.92 Å². The Morgan fingerprint density at radius 3 is 2.54 bits per heavy atom. The Morgan fingerprint density at radius 2 is 1.79 bits per heavy atom. The highest BCUT2D eigenvalue weighted by Gasteiger charge is 2.46. The number of sulfonamides is 1. The average molecular weight is 400 g/mol. The maximum atomic E-state index is 13.1. The summed E-state index contributed by atoms with van der Waals surface area (Å²) in [7, 11) is -3.32. The number of rotatable bonds is 4. The Hall–Kier alpha value is -2.25. The first kappa shape index (κ1) is 19.1. The molecule has 0 saturated carbocycles. The van der Waals surface area contributed by atoms with E-state index in [1.165, 1.54) is 0 Å². The molecule has 2 aliphatic rings. The smallest absolute Gasteiger partial charge is 0.272 e. The van der Waals surface area contributed by atoms with E-state index >= 15 is 0 Å². The summed E-state index contributed by atoms with van der Waals surface area (Å²) in [6, 6.07) is 15.3. The molecule has 6 nitrogen and oxygen atoms in total. The molecule has 1 aromatic heterocycles. The lowest BCUT2D eigenvalue weighted by atomic mass is 10.0. The van der Waals surface area contributed by atoms with Gasteiger partial charge in [0.25, 0.3) is 5.91 Å². The second-order valence-corrected chi connectivity index (χ2v) is 9.67. The van der Waals surface area contributed by atoms with Gasteiger partial charge in [-0.15, -0.1) is 0 Å². The van der Waals surface area contributed by atoms with Crippen LogP contribution in [0.4, 0.5) is 0 Å². The summed E-state index contributed by atoms with van der Waals surface area (Å²) in [5.74, 6) is -0.0267. The number of hydrogen-bond donors (Lipinski definition) is 0. The van der Waals surface area contributed by atoms with E-state index in [2.05, 4.69) is 4.98 Å². The summed E-state index contributed by atoms with van der Waals surface area (Å²) in [6.07, 6.45) is 3.54. The molecule has 2 aromatic rings. The molecule has 2 fully saturated rings. The highest BCUT2D eigenvalue weighted by molar-refractivity contribution is 7.90. The minimum absolute atomic E-state index is 0.0855. The Labute approximate surface area is 166 Å². The molecule has 0 aliphatic carbocycles. The first-order valence-electron chi connectivity index (χ1n) is 9.79. The number of pyridine rings is 1. The van der Waals surface area contributed by atoms with Crippen LogP contribution in [-0.4, -0.2) is 59.9 Å². The number of carbonyl (C=O) groups is 1. The van der Waals surface area contributed by atoms with Crippen LogP contribution in [0, 0.1) is 5.92 Å². The van der Waals surface area contributed by atoms with E-state index in [-0.39, 0.29) is 17.1 Å². The first-order valence-corrected chi connectivity index (χ1v) is 11.3. The summed E-state index contributed by atoms with van der Waals surface area (Å²) in [5, 5.41) is -0.384. The maximum Gasteiger partial charge on any atom is 0.272 e. The lowest BCUT2D eigenvalue weighted by Gasteiger charge is -2.22. The number of aromatic nitrogens is 1. The van der Waals surface area contributed by atoms with Crippen LogP contribution in [0.25, 0.3) is 0 Å². The minimum Gasteiger partial charge on any atom is -0.337 e. The van der Waals surface area contributed by atoms with Crippen molar-refractivity contribution in [3.63, 3.8) is 0 Å². The van der Waals surface area contributed by atoms with Crippen molar-refractivity contribution >= 4 is 15.9 Å². The molecule has 7 heteroatoms. The zero-order valence-corrected chi connectivity index (χ0v) is 16.6. The van der Waals surface area contributed by atoms with Gasteiger partial charge in [0.2, 0.25) is 10.0 Å². The molecule has 148 valence electrons. The van der Waals surface area contributed by atoms with Gasteiger partial charge in [-0.1, -0.05) is 36.4 Å². The molecular formula is C21H25N3O3S. The van der Waals surface area contributed by atoms with Crippen LogP contribution in [0.2, 0.25) is 0 Å². The SMILES string of the molecule is O=C(c1ccccn1)N1CC[C@@H]2CN(CCc3ccccc3)S(=O)(=O)[C@@H]2CC1. The highest BCUT2D eigenvalue weighted by Crippen LogP contribution is 2.34. The predicted molar refractivity (Wildman–Crippen MR) is 107 cm³/mol. The molecule has 28 heavy (non-hydrogen) atoms. The molecule has 2 saturated heterocycles. The van der Waals surface area contributed by atoms with Gasteiger partial charge in [0.15, 0.2) is 0 Å². The topological polar surface area (TPSA) is 70.6 Å². The van der Waals surface area contributed by atoms with Crippen LogP contribution in [0.1, 0.15) is 28.9 Å². The second kappa shape index (κ2) is 8.01. The Balaban J connectivity index is 1.41. The maximum absolute atomic E-state index is 13.1. The van der Waals surface area contributed by atoms with Crippen LogP contribution in [0.5, 0.6) is 0 Å². The van der Waals surface area contributed by atoms with Crippen LogP contribution >= 0.6 is 0 Å². The fraction of sp³-hybridized carbons (Fsp3) is 0.429. The second-order valence-electron chi connectivity index (χ2n) is 7.52. The van der Waals surface area contributed by atoms with Crippen LogP contribution in [0.15, 0.2) is 54.7 Å². The number of nitrogens with zero attached hydrogens (tertiary/aromatic N) is 3. The van der Waals surface area contributed by atoms with Crippen LogP contribution in [0.3, 0.4) is 0 Å². The van der Waals surface area contributed by atoms with Gasteiger partial charge < -0.3 is 4.90 Å². The van der Waals surface area contributed by atoms with Crippen molar-refractivity contribution in [2.75, 3.05) is 26.2 Å². The van der Waals surface area contributed by atoms with Crippen molar-refractivity contribution in [1.82, 2.24) is 14.2 Å². The molecule has 1 aromatic carbocycles. The van der Waals surface area contributed by atoms with E-state index in [0.717, 1.165) is 12.0 Å². The standard InChI is InChI=1S/C21H25N3O3S/c25-21(19-8-4-5-12-22-19)23-13-10-18-16-24(28(26,27)20(18)11-14-23)15-9-17-6-2-1-3-7-17/h1-8,12,18,20H,9-11,13-16H2/t18-,20-/m1/s1. The Kier molecular flexibility index (Phi) is 5.46. The van der Waals surface area contributed by atoms with Crippen molar-refractivity contribution < 1.29 is 13.2 Å². The summed E-state index contributed by atoms with van der Waals surface area (Å²) in [6.45, 7) is 2.13. The quantitative estimate of drug-likeness (QED) is 0.790. The lowest BCUT2D eigenvalue weighted by molar-refractivity contribution is 0.0753. The third-order valence-corrected chi connectivity index (χ3v) is 8.26. The Bertz CT molecular complexity index is 918. The summed E-state index contributed by atoms with van der Waals surface area (Å²) in [5.41, 5.74) is 1.57. The fourth-order valence-electron chi connectivity index (χ4n) is 4.27. The number of amides is 1. The third-order valence-electron chi connectivity index (χ3n) is 5.82. The summed E-state index contributed by atoms with van der Waals surface area (Å²) in [4.78, 5) is 18.5. The van der Waals surface area contributed by atoms with Crippen LogP contribution in [-0.2, 0) is 16.4 Å². The van der Waals surface area contributed by atoms with Crippen molar-refractivity contribution in [1.29, 1.82) is 0 Å². The molecule has 0 N–H and O–H groups in total. The molecule has 0 bridgehead atoms. The molecule has 2 atom stereocenters. The van der Waals surface area contributed by atoms with E-state index in [0.29, 0.717) is 44.7 Å². The monoisotopic (exact) mass is 399 g/mol. The van der Waals surface area contributed by atoms with Crippen molar-refractivity contribution in [3.05, 3.63) is 66.0 Å². The van der Waals surface area contributed by atoms with Crippen molar-refractivity contribution in [2.45, 2.75) is 24.5 Å². The van der Waals surface area contributed by atoms with E-state index in [1.807, 2.05) is 30.3 Å². The number of carbonyl (C=O) groups excluding carboxylic acids is 1. The van der Waals surface area contributed by atoms with Gasteiger partial charge in [-0.05, 0) is 42.9 Å². The van der Waals surface area contributed by atoms with E-state index in [4.69, 9.17) is 0 Å². The third kappa shape index (κ3) is 3.82. The van der Waals surface area contributed by atoms with Gasteiger partial charge in [0, 0.05) is 32.4 Å².